The number of aliphatic hydroxyl groups excluding tert-OH is 9. The van der Waals surface area contributed by atoms with Crippen LogP contribution >= 0.6 is 0 Å². The number of ether oxygens (including phenoxy) is 7. The highest BCUT2D eigenvalue weighted by Gasteiger charge is 2.68. The monoisotopic (exact) mass is 882 g/mol. The Kier molecular flexibility index (Phi) is 12.9. The molecule has 62 heavy (non-hydrogen) atoms. The van der Waals surface area contributed by atoms with Gasteiger partial charge >= 0.3 is 0 Å². The zero-order valence-electron chi connectivity index (χ0n) is 36.9. The molecule has 24 unspecified atom stereocenters. The number of aliphatic hydroxyl groups is 9. The molecule has 8 fully saturated rings. The smallest absolute Gasteiger partial charge is 0.187 e. The number of rotatable bonds is 8. The maximum Gasteiger partial charge on any atom is 0.187 e. The van der Waals surface area contributed by atoms with Crippen LogP contribution in [0.25, 0.3) is 0 Å². The summed E-state index contributed by atoms with van der Waals surface area (Å²) in [6.45, 7) is 10.3. The van der Waals surface area contributed by atoms with Crippen LogP contribution < -0.4 is 0 Å². The van der Waals surface area contributed by atoms with Crippen molar-refractivity contribution in [3.63, 3.8) is 0 Å². The van der Waals surface area contributed by atoms with E-state index in [2.05, 4.69) is 33.8 Å². The van der Waals surface area contributed by atoms with Crippen LogP contribution in [0.15, 0.2) is 11.6 Å². The van der Waals surface area contributed by atoms with Gasteiger partial charge in [0.25, 0.3) is 0 Å². The third-order valence-corrected chi connectivity index (χ3v) is 18.4. The van der Waals surface area contributed by atoms with Crippen LogP contribution in [0.3, 0.4) is 0 Å². The minimum Gasteiger partial charge on any atom is -0.394 e. The highest BCUT2D eigenvalue weighted by molar-refractivity contribution is 5.27. The van der Waals surface area contributed by atoms with Gasteiger partial charge in [-0.15, -0.1) is 0 Å². The second kappa shape index (κ2) is 17.3. The van der Waals surface area contributed by atoms with Crippen LogP contribution in [0.1, 0.15) is 105 Å². The summed E-state index contributed by atoms with van der Waals surface area (Å²) in [5, 5.41) is 95.4. The average molecular weight is 883 g/mol. The van der Waals surface area contributed by atoms with Crippen LogP contribution in [0.4, 0.5) is 0 Å². The molecule has 4 aliphatic heterocycles. The minimum atomic E-state index is -1.70. The molecule has 0 amide bonds. The molecule has 9 aliphatic rings. The van der Waals surface area contributed by atoms with Crippen molar-refractivity contribution in [1.29, 1.82) is 0 Å². The maximum atomic E-state index is 11.6. The first-order valence-corrected chi connectivity index (χ1v) is 23.7. The molecule has 0 aromatic carbocycles. The lowest BCUT2D eigenvalue weighted by molar-refractivity contribution is -0.375. The topological polar surface area (TPSA) is 247 Å². The molecule has 354 valence electrons. The molecule has 0 bridgehead atoms. The second-order valence-electron chi connectivity index (χ2n) is 21.6. The second-order valence-corrected chi connectivity index (χ2v) is 21.6. The first kappa shape index (κ1) is 46.2. The van der Waals surface area contributed by atoms with Crippen molar-refractivity contribution >= 4 is 0 Å². The van der Waals surface area contributed by atoms with Crippen LogP contribution in [-0.4, -0.2) is 169 Å². The van der Waals surface area contributed by atoms with E-state index in [9.17, 15) is 46.0 Å². The van der Waals surface area contributed by atoms with Gasteiger partial charge in [-0.2, -0.15) is 0 Å². The largest absolute Gasteiger partial charge is 0.394 e. The Morgan fingerprint density at radius 2 is 1.35 bits per heavy atom. The van der Waals surface area contributed by atoms with Crippen molar-refractivity contribution in [2.45, 2.75) is 215 Å². The molecule has 9 rings (SSSR count). The van der Waals surface area contributed by atoms with Gasteiger partial charge in [-0.05, 0) is 124 Å². The Balaban J connectivity index is 0.903. The third-order valence-electron chi connectivity index (χ3n) is 18.4. The molecule has 4 saturated heterocycles. The summed E-state index contributed by atoms with van der Waals surface area (Å²) in [6.07, 6.45) is -8.17. The van der Waals surface area contributed by atoms with Crippen molar-refractivity contribution in [2.75, 3.05) is 13.2 Å². The molecule has 16 nitrogen and oxygen atoms in total. The zero-order valence-corrected chi connectivity index (χ0v) is 36.9. The predicted molar refractivity (Wildman–Crippen MR) is 217 cm³/mol. The molecule has 1 spiro atoms. The zero-order chi connectivity index (χ0) is 44.2. The normalized spacial score (nSPS) is 57.6. The van der Waals surface area contributed by atoms with Gasteiger partial charge in [0.2, 0.25) is 0 Å². The van der Waals surface area contributed by atoms with E-state index in [0.29, 0.717) is 48.5 Å². The van der Waals surface area contributed by atoms with E-state index < -0.39 is 105 Å². The van der Waals surface area contributed by atoms with Gasteiger partial charge in [-0.3, -0.25) is 0 Å². The molecule has 4 saturated carbocycles. The predicted octanol–water partition coefficient (Wildman–Crippen LogP) is 1.02. The van der Waals surface area contributed by atoms with Gasteiger partial charge in [0.05, 0.1) is 37.1 Å². The molecule has 24 atom stereocenters. The number of fused-ring (bicyclic) bond motifs is 7. The van der Waals surface area contributed by atoms with E-state index >= 15 is 0 Å². The Labute approximate surface area is 364 Å². The van der Waals surface area contributed by atoms with Gasteiger partial charge in [0.1, 0.15) is 67.1 Å². The van der Waals surface area contributed by atoms with Crippen LogP contribution in [0.2, 0.25) is 0 Å². The Hall–Kier alpha value is -0.900. The molecule has 0 aromatic rings. The minimum absolute atomic E-state index is 0.0109. The lowest BCUT2D eigenvalue weighted by atomic mass is 9.46. The molecule has 16 heteroatoms. The fraction of sp³-hybridized carbons (Fsp3) is 0.957. The quantitative estimate of drug-likeness (QED) is 0.155. The van der Waals surface area contributed by atoms with E-state index in [1.807, 2.05) is 0 Å². The van der Waals surface area contributed by atoms with Gasteiger partial charge in [0, 0.05) is 0 Å². The van der Waals surface area contributed by atoms with Gasteiger partial charge < -0.3 is 79.1 Å². The van der Waals surface area contributed by atoms with E-state index in [4.69, 9.17) is 33.2 Å². The molecule has 0 aromatic heterocycles. The van der Waals surface area contributed by atoms with Gasteiger partial charge in [0.15, 0.2) is 18.9 Å². The summed E-state index contributed by atoms with van der Waals surface area (Å²) in [5.74, 6) is 3.70. The lowest BCUT2D eigenvalue weighted by Crippen LogP contribution is -2.65. The summed E-state index contributed by atoms with van der Waals surface area (Å²) < 4.78 is 43.2. The molecule has 9 N–H and O–H groups in total. The van der Waals surface area contributed by atoms with Crippen molar-refractivity contribution < 1.29 is 79.1 Å². The van der Waals surface area contributed by atoms with Gasteiger partial charge in [-0.25, -0.2) is 0 Å². The third kappa shape index (κ3) is 7.59. The van der Waals surface area contributed by atoms with Crippen molar-refractivity contribution in [3.05, 3.63) is 11.6 Å². The first-order valence-electron chi connectivity index (χ1n) is 23.7. The van der Waals surface area contributed by atoms with Crippen molar-refractivity contribution in [2.24, 2.45) is 46.3 Å². The first-order chi connectivity index (χ1) is 29.4. The molecule has 0 radical (unpaired) electrons. The maximum absolute atomic E-state index is 11.6. The Bertz CT molecular complexity index is 1610. The van der Waals surface area contributed by atoms with E-state index in [-0.39, 0.29) is 22.5 Å². The summed E-state index contributed by atoms with van der Waals surface area (Å²) in [5.41, 5.74) is 1.66. The highest BCUT2D eigenvalue weighted by atomic mass is 16.8. The van der Waals surface area contributed by atoms with E-state index in [0.717, 1.165) is 25.2 Å². The van der Waals surface area contributed by atoms with Gasteiger partial charge in [-0.1, -0.05) is 39.3 Å². The highest BCUT2D eigenvalue weighted by Crippen LogP contribution is 2.71. The van der Waals surface area contributed by atoms with E-state index in [1.165, 1.54) is 51.0 Å². The molecule has 4 heterocycles. The Morgan fingerprint density at radius 3 is 2.08 bits per heavy atom. The lowest BCUT2D eigenvalue weighted by Gasteiger charge is -2.59. The number of hydrogen-bond acceptors (Lipinski definition) is 16. The van der Waals surface area contributed by atoms with Crippen LogP contribution in [0.5, 0.6) is 0 Å². The molecular weight excluding hydrogens is 808 g/mol. The summed E-state index contributed by atoms with van der Waals surface area (Å²) in [4.78, 5) is 0. The summed E-state index contributed by atoms with van der Waals surface area (Å²) in [7, 11) is 0. The SMILES string of the molecule is CC1CCC2(CC1)OC1CC3C4CC=C5CC(OC6OC(COC7OC(CO)C(O)C(O)C7O)C(O)C(O)C6OC6OC(C)C(O)C(O)C6O)CCC5(C)C4CCC3(C)C1C2C. The van der Waals surface area contributed by atoms with Crippen molar-refractivity contribution in [3.8, 4) is 0 Å². The van der Waals surface area contributed by atoms with Crippen molar-refractivity contribution in [1.82, 2.24) is 0 Å². The van der Waals surface area contributed by atoms with Crippen LogP contribution in [0, 0.1) is 46.3 Å². The van der Waals surface area contributed by atoms with E-state index in [1.54, 1.807) is 0 Å². The average Bonchev–Trinajstić information content (AvgIpc) is 3.70. The van der Waals surface area contributed by atoms with Crippen LogP contribution in [-0.2, 0) is 33.2 Å². The fourth-order valence-electron chi connectivity index (χ4n) is 14.5. The fourth-order valence-corrected chi connectivity index (χ4v) is 14.5. The molecular formula is C46H74O16. The number of allylic oxidation sites excluding steroid dienone is 1. The standard InChI is InChI=1S/C46H74O16/c1-20-8-14-46(15-9-20)21(2)31-28(62-46)17-27-25-7-6-23-16-24(10-12-44(23,4)26(25)11-13-45(27,31)5)58-43-40(61-42-39(55)35(51)32(48)22(3)57-42)37(53)34(50)30(60-43)19-56-41-38(54)36(52)33(49)29(18-47)59-41/h6,20-22,24-43,47-55H,7-19H2,1-5H3. The summed E-state index contributed by atoms with van der Waals surface area (Å²) >= 11 is 0. The number of hydrogen-bond donors (Lipinski definition) is 9. The summed E-state index contributed by atoms with van der Waals surface area (Å²) in [6, 6.07) is 0. The molecule has 5 aliphatic carbocycles. The Morgan fingerprint density at radius 1 is 0.677 bits per heavy atom.